The molecule has 20 heavy (non-hydrogen) atoms. The lowest BCUT2D eigenvalue weighted by Crippen LogP contribution is -2.41. The van der Waals surface area contributed by atoms with Gasteiger partial charge in [0.05, 0.1) is 6.04 Å². The Kier molecular flexibility index (Phi) is 5.49. The number of hydrogen-bond donors (Lipinski definition) is 0. The van der Waals surface area contributed by atoms with Crippen molar-refractivity contribution in [1.82, 2.24) is 4.90 Å². The summed E-state index contributed by atoms with van der Waals surface area (Å²) in [6, 6.07) is -0.991. The Balaban J connectivity index is 2.83. The minimum Gasteiger partial charge on any atom is -0.444 e. The fourth-order valence-corrected chi connectivity index (χ4v) is 2.00. The molecular formula is C11H19N7O2. The topological polar surface area (TPSA) is 127 Å². The van der Waals surface area contributed by atoms with Gasteiger partial charge in [-0.2, -0.15) is 0 Å². The smallest absolute Gasteiger partial charge is 0.410 e. The van der Waals surface area contributed by atoms with Gasteiger partial charge in [0.2, 0.25) is 0 Å². The minimum absolute atomic E-state index is 0.197. The molecule has 1 amide bonds. The highest BCUT2D eigenvalue weighted by Gasteiger charge is 2.30. The lowest BCUT2D eigenvalue weighted by atomic mass is 10.1. The maximum Gasteiger partial charge on any atom is 0.410 e. The molecule has 0 bridgehead atoms. The molecule has 0 radical (unpaired) electrons. The van der Waals surface area contributed by atoms with E-state index >= 15 is 0 Å². The second-order valence-electron chi connectivity index (χ2n) is 5.61. The third-order valence-corrected chi connectivity index (χ3v) is 2.83. The van der Waals surface area contributed by atoms with E-state index in [0.717, 1.165) is 0 Å². The largest absolute Gasteiger partial charge is 0.444 e. The predicted octanol–water partition coefficient (Wildman–Crippen LogP) is 3.38. The van der Waals surface area contributed by atoms with E-state index in [1.165, 1.54) is 4.90 Å². The van der Waals surface area contributed by atoms with Crippen LogP contribution in [0, 0.1) is 0 Å². The van der Waals surface area contributed by atoms with E-state index in [1.54, 1.807) is 20.8 Å². The lowest BCUT2D eigenvalue weighted by molar-refractivity contribution is 0.0249. The molecular weight excluding hydrogens is 262 g/mol. The maximum atomic E-state index is 12.0. The monoisotopic (exact) mass is 281 g/mol. The highest BCUT2D eigenvalue weighted by Crippen LogP contribution is 2.20. The fraction of sp³-hybridized carbons (Fsp3) is 0.909. The summed E-state index contributed by atoms with van der Waals surface area (Å²) in [7, 11) is 0. The molecule has 1 aliphatic heterocycles. The second kappa shape index (κ2) is 6.88. The number of hydrogen-bond acceptors (Lipinski definition) is 4. The molecule has 0 spiro atoms. The number of likely N-dealkylation sites (tertiary alicyclic amines) is 1. The first kappa shape index (κ1) is 15.9. The zero-order valence-electron chi connectivity index (χ0n) is 11.9. The third kappa shape index (κ3) is 4.87. The van der Waals surface area contributed by atoms with Gasteiger partial charge in [-0.1, -0.05) is 10.2 Å². The molecule has 0 aromatic carbocycles. The average molecular weight is 281 g/mol. The van der Waals surface area contributed by atoms with Crippen molar-refractivity contribution in [3.8, 4) is 0 Å². The molecule has 0 aliphatic carbocycles. The summed E-state index contributed by atoms with van der Waals surface area (Å²) in [6.45, 7) is 6.05. The number of nitrogens with zero attached hydrogens (tertiary/aromatic N) is 7. The standard InChI is InChI=1S/C11H19N7O2/c1-11(2,3)20-10(19)18-6-4-5-8(14-16-12)9(7-18)15-17-13/h8-9H,4-7H2,1-3H3. The Morgan fingerprint density at radius 3 is 2.40 bits per heavy atom. The van der Waals surface area contributed by atoms with E-state index < -0.39 is 23.8 Å². The number of carbonyl (C=O) groups excluding carboxylic acids is 1. The molecule has 110 valence electrons. The first-order chi connectivity index (χ1) is 9.37. The Labute approximate surface area is 117 Å². The maximum absolute atomic E-state index is 12.0. The quantitative estimate of drug-likeness (QED) is 0.436. The van der Waals surface area contributed by atoms with Crippen LogP contribution in [-0.4, -0.2) is 41.8 Å². The normalized spacial score (nSPS) is 23.1. The van der Waals surface area contributed by atoms with Gasteiger partial charge in [-0.05, 0) is 44.7 Å². The molecule has 0 aromatic rings. The first-order valence-electron chi connectivity index (χ1n) is 6.43. The SMILES string of the molecule is CC(C)(C)OC(=O)N1CCCC(N=[N+]=[N-])C(N=[N+]=[N-])C1. The van der Waals surface area contributed by atoms with E-state index in [9.17, 15) is 4.79 Å². The van der Waals surface area contributed by atoms with Crippen LogP contribution in [0.25, 0.3) is 20.9 Å². The summed E-state index contributed by atoms with van der Waals surface area (Å²) in [6.07, 6.45) is 0.796. The molecule has 0 saturated carbocycles. The van der Waals surface area contributed by atoms with E-state index in [4.69, 9.17) is 15.8 Å². The van der Waals surface area contributed by atoms with Crippen molar-refractivity contribution in [2.45, 2.75) is 51.3 Å². The summed E-state index contributed by atoms with van der Waals surface area (Å²) in [5.41, 5.74) is 16.6. The summed E-state index contributed by atoms with van der Waals surface area (Å²) >= 11 is 0. The summed E-state index contributed by atoms with van der Waals surface area (Å²) in [5.74, 6) is 0. The number of ether oxygens (including phenoxy) is 1. The van der Waals surface area contributed by atoms with Crippen LogP contribution in [-0.2, 0) is 4.74 Å². The number of carbonyl (C=O) groups is 1. The van der Waals surface area contributed by atoms with Gasteiger partial charge in [-0.15, -0.1) is 0 Å². The Morgan fingerprint density at radius 2 is 1.85 bits per heavy atom. The molecule has 9 heteroatoms. The zero-order chi connectivity index (χ0) is 15.2. The highest BCUT2D eigenvalue weighted by molar-refractivity contribution is 5.68. The Morgan fingerprint density at radius 1 is 1.25 bits per heavy atom. The van der Waals surface area contributed by atoms with Crippen molar-refractivity contribution in [2.75, 3.05) is 13.1 Å². The van der Waals surface area contributed by atoms with E-state index in [-0.39, 0.29) is 6.54 Å². The predicted molar refractivity (Wildman–Crippen MR) is 72.9 cm³/mol. The van der Waals surface area contributed by atoms with Gasteiger partial charge in [-0.3, -0.25) is 0 Å². The number of azide groups is 2. The Hall–Kier alpha value is -2.11. The molecule has 9 nitrogen and oxygen atoms in total. The van der Waals surface area contributed by atoms with Crippen molar-refractivity contribution in [3.63, 3.8) is 0 Å². The first-order valence-corrected chi connectivity index (χ1v) is 6.43. The van der Waals surface area contributed by atoms with Crippen LogP contribution in [0.5, 0.6) is 0 Å². The van der Waals surface area contributed by atoms with Gasteiger partial charge < -0.3 is 9.64 Å². The van der Waals surface area contributed by atoms with E-state index in [0.29, 0.717) is 19.4 Å². The summed E-state index contributed by atoms with van der Waals surface area (Å²) in [5, 5.41) is 7.29. The van der Waals surface area contributed by atoms with Crippen LogP contribution in [0.4, 0.5) is 4.79 Å². The molecule has 0 N–H and O–H groups in total. The zero-order valence-corrected chi connectivity index (χ0v) is 11.9. The fourth-order valence-electron chi connectivity index (χ4n) is 2.00. The molecule has 2 atom stereocenters. The Bertz CT molecular complexity index is 446. The molecule has 1 saturated heterocycles. The van der Waals surface area contributed by atoms with Crippen LogP contribution in [0.3, 0.4) is 0 Å². The van der Waals surface area contributed by atoms with Crippen LogP contribution < -0.4 is 0 Å². The van der Waals surface area contributed by atoms with Crippen LogP contribution in [0.1, 0.15) is 33.6 Å². The van der Waals surface area contributed by atoms with Crippen molar-refractivity contribution in [1.29, 1.82) is 0 Å². The third-order valence-electron chi connectivity index (χ3n) is 2.83. The van der Waals surface area contributed by atoms with Crippen molar-refractivity contribution in [3.05, 3.63) is 20.9 Å². The van der Waals surface area contributed by atoms with Crippen LogP contribution in [0.15, 0.2) is 10.2 Å². The highest BCUT2D eigenvalue weighted by atomic mass is 16.6. The van der Waals surface area contributed by atoms with Crippen molar-refractivity contribution < 1.29 is 9.53 Å². The summed E-state index contributed by atoms with van der Waals surface area (Å²) < 4.78 is 5.30. The molecule has 0 aromatic heterocycles. The average Bonchev–Trinajstić information content (AvgIpc) is 2.51. The van der Waals surface area contributed by atoms with Gasteiger partial charge in [0.1, 0.15) is 5.60 Å². The molecule has 1 heterocycles. The van der Waals surface area contributed by atoms with Crippen LogP contribution >= 0.6 is 0 Å². The molecule has 1 aliphatic rings. The van der Waals surface area contributed by atoms with Crippen molar-refractivity contribution in [2.24, 2.45) is 10.2 Å². The number of amides is 1. The van der Waals surface area contributed by atoms with Gasteiger partial charge >= 0.3 is 6.09 Å². The van der Waals surface area contributed by atoms with Gasteiger partial charge in [-0.25, -0.2) is 4.79 Å². The lowest BCUT2D eigenvalue weighted by Gasteiger charge is -2.27. The van der Waals surface area contributed by atoms with E-state index in [2.05, 4.69) is 20.1 Å². The van der Waals surface area contributed by atoms with Crippen molar-refractivity contribution >= 4 is 6.09 Å². The van der Waals surface area contributed by atoms with E-state index in [1.807, 2.05) is 0 Å². The van der Waals surface area contributed by atoms with Crippen LogP contribution in [0.2, 0.25) is 0 Å². The molecule has 2 unspecified atom stereocenters. The number of rotatable bonds is 2. The minimum atomic E-state index is -0.582. The second-order valence-corrected chi connectivity index (χ2v) is 5.61. The molecule has 1 rings (SSSR count). The summed E-state index contributed by atoms with van der Waals surface area (Å²) in [4.78, 5) is 19.1. The molecule has 1 fully saturated rings. The van der Waals surface area contributed by atoms with Gasteiger partial charge in [0.25, 0.3) is 0 Å². The van der Waals surface area contributed by atoms with Gasteiger partial charge in [0.15, 0.2) is 0 Å². The van der Waals surface area contributed by atoms with Gasteiger partial charge in [0, 0.05) is 29.0 Å².